The number of nitrogens with zero attached hydrogens (tertiary/aromatic N) is 2. The highest BCUT2D eigenvalue weighted by molar-refractivity contribution is 6.07. The van der Waals surface area contributed by atoms with Crippen LogP contribution in [0, 0.1) is 5.82 Å². The van der Waals surface area contributed by atoms with Gasteiger partial charge in [0.05, 0.1) is 16.8 Å². The molecule has 0 bridgehead atoms. The number of hydrogen-bond donors (Lipinski definition) is 1. The van der Waals surface area contributed by atoms with Gasteiger partial charge in [0, 0.05) is 35.6 Å². The summed E-state index contributed by atoms with van der Waals surface area (Å²) in [5.41, 5.74) is 3.58. The van der Waals surface area contributed by atoms with Gasteiger partial charge >= 0.3 is 0 Å². The van der Waals surface area contributed by atoms with Gasteiger partial charge in [0.1, 0.15) is 5.82 Å². The summed E-state index contributed by atoms with van der Waals surface area (Å²) in [5, 5.41) is 3.84. The van der Waals surface area contributed by atoms with Gasteiger partial charge in [-0.05, 0) is 49.2 Å². The number of halogens is 1. The zero-order valence-electron chi connectivity index (χ0n) is 18.6. The Morgan fingerprint density at radius 1 is 0.882 bits per heavy atom. The van der Waals surface area contributed by atoms with Crippen molar-refractivity contribution < 1.29 is 14.0 Å². The molecule has 2 heterocycles. The number of pyridine rings is 1. The smallest absolute Gasteiger partial charge is 0.254 e. The average Bonchev–Trinajstić information content (AvgIpc) is 2.89. The van der Waals surface area contributed by atoms with Crippen molar-refractivity contribution in [3.8, 4) is 11.3 Å². The molecular weight excluding hydrogens is 429 g/mol. The van der Waals surface area contributed by atoms with Crippen LogP contribution in [0.1, 0.15) is 33.6 Å². The number of likely N-dealkylation sites (tertiary alicyclic amines) is 1. The van der Waals surface area contributed by atoms with E-state index in [0.717, 1.165) is 22.2 Å². The van der Waals surface area contributed by atoms with Crippen LogP contribution in [-0.2, 0) is 0 Å². The molecule has 1 fully saturated rings. The van der Waals surface area contributed by atoms with Gasteiger partial charge in [0.15, 0.2) is 0 Å². The molecular formula is C28H24FN3O2. The normalized spacial score (nSPS) is 14.2. The van der Waals surface area contributed by atoms with Gasteiger partial charge in [-0.25, -0.2) is 9.37 Å². The van der Waals surface area contributed by atoms with E-state index in [2.05, 4.69) is 5.32 Å². The minimum atomic E-state index is -0.373. The summed E-state index contributed by atoms with van der Waals surface area (Å²) in [4.78, 5) is 32.6. The van der Waals surface area contributed by atoms with Crippen molar-refractivity contribution in [2.75, 3.05) is 13.1 Å². The number of benzene rings is 3. The van der Waals surface area contributed by atoms with Crippen molar-refractivity contribution in [3.05, 3.63) is 102 Å². The van der Waals surface area contributed by atoms with Gasteiger partial charge < -0.3 is 10.2 Å². The largest absolute Gasteiger partial charge is 0.349 e. The van der Waals surface area contributed by atoms with E-state index in [4.69, 9.17) is 4.98 Å². The van der Waals surface area contributed by atoms with Gasteiger partial charge in [-0.3, -0.25) is 9.59 Å². The molecule has 6 heteroatoms. The van der Waals surface area contributed by atoms with E-state index in [1.165, 1.54) is 24.3 Å². The molecule has 1 N–H and O–H groups in total. The molecule has 0 unspecified atom stereocenters. The third-order valence-electron chi connectivity index (χ3n) is 6.24. The predicted molar refractivity (Wildman–Crippen MR) is 130 cm³/mol. The van der Waals surface area contributed by atoms with E-state index in [9.17, 15) is 14.0 Å². The SMILES string of the molecule is O=C(NC1CCN(C(=O)c2cc(-c3ccccc3)nc3ccccc23)CC1)c1ccc(F)cc1. The van der Waals surface area contributed by atoms with E-state index in [-0.39, 0.29) is 23.7 Å². The Morgan fingerprint density at radius 3 is 2.29 bits per heavy atom. The van der Waals surface area contributed by atoms with Crippen LogP contribution in [-0.4, -0.2) is 40.8 Å². The van der Waals surface area contributed by atoms with Gasteiger partial charge in [-0.1, -0.05) is 48.5 Å². The molecule has 5 nitrogen and oxygen atoms in total. The van der Waals surface area contributed by atoms with Crippen molar-refractivity contribution in [2.45, 2.75) is 18.9 Å². The lowest BCUT2D eigenvalue weighted by Gasteiger charge is -2.32. The highest BCUT2D eigenvalue weighted by Crippen LogP contribution is 2.26. The summed E-state index contributed by atoms with van der Waals surface area (Å²) in [7, 11) is 0. The highest BCUT2D eigenvalue weighted by atomic mass is 19.1. The van der Waals surface area contributed by atoms with Crippen molar-refractivity contribution in [1.29, 1.82) is 0 Å². The number of para-hydroxylation sites is 1. The Morgan fingerprint density at radius 2 is 1.56 bits per heavy atom. The Bertz CT molecular complexity index is 1330. The van der Waals surface area contributed by atoms with Crippen LogP contribution in [0.15, 0.2) is 84.9 Å². The zero-order valence-corrected chi connectivity index (χ0v) is 18.6. The number of piperidine rings is 1. The molecule has 1 aliphatic rings. The summed E-state index contributed by atoms with van der Waals surface area (Å²) >= 11 is 0. The van der Waals surface area contributed by atoms with Crippen LogP contribution >= 0.6 is 0 Å². The van der Waals surface area contributed by atoms with Crippen molar-refractivity contribution >= 4 is 22.7 Å². The number of hydrogen-bond acceptors (Lipinski definition) is 3. The molecule has 0 spiro atoms. The number of rotatable bonds is 4. The van der Waals surface area contributed by atoms with Crippen LogP contribution < -0.4 is 5.32 Å². The molecule has 1 aliphatic heterocycles. The Labute approximate surface area is 197 Å². The van der Waals surface area contributed by atoms with Gasteiger partial charge in [0.25, 0.3) is 11.8 Å². The quantitative estimate of drug-likeness (QED) is 0.469. The third-order valence-corrected chi connectivity index (χ3v) is 6.24. The fourth-order valence-corrected chi connectivity index (χ4v) is 4.38. The summed E-state index contributed by atoms with van der Waals surface area (Å²) < 4.78 is 13.1. The molecule has 1 saturated heterocycles. The second-order valence-electron chi connectivity index (χ2n) is 8.49. The maximum absolute atomic E-state index is 13.6. The van der Waals surface area contributed by atoms with Crippen LogP contribution in [0.5, 0.6) is 0 Å². The average molecular weight is 454 g/mol. The second-order valence-corrected chi connectivity index (χ2v) is 8.49. The number of nitrogens with one attached hydrogen (secondary N) is 1. The van der Waals surface area contributed by atoms with Gasteiger partial charge in [-0.2, -0.15) is 0 Å². The van der Waals surface area contributed by atoms with Crippen molar-refractivity contribution in [2.24, 2.45) is 0 Å². The lowest BCUT2D eigenvalue weighted by molar-refractivity contribution is 0.0700. The maximum Gasteiger partial charge on any atom is 0.254 e. The number of aromatic nitrogens is 1. The number of carbonyl (C=O) groups is 2. The van der Waals surface area contributed by atoms with Crippen LogP contribution in [0.4, 0.5) is 4.39 Å². The first kappa shape index (κ1) is 21.8. The molecule has 0 atom stereocenters. The van der Waals surface area contributed by atoms with Gasteiger partial charge in [-0.15, -0.1) is 0 Å². The molecule has 2 amide bonds. The first-order valence-corrected chi connectivity index (χ1v) is 11.4. The standard InChI is InChI=1S/C28H24FN3O2/c29-21-12-10-20(11-13-21)27(33)30-22-14-16-32(17-15-22)28(34)24-18-26(19-6-2-1-3-7-19)31-25-9-5-4-8-23(24)25/h1-13,18,22H,14-17H2,(H,30,33). The Kier molecular flexibility index (Phi) is 6.04. The van der Waals surface area contributed by atoms with Crippen LogP contribution in [0.25, 0.3) is 22.2 Å². The molecule has 34 heavy (non-hydrogen) atoms. The summed E-state index contributed by atoms with van der Waals surface area (Å²) in [5.74, 6) is -0.626. The minimum Gasteiger partial charge on any atom is -0.349 e. The summed E-state index contributed by atoms with van der Waals surface area (Å²) in [6.07, 6.45) is 1.32. The van der Waals surface area contributed by atoms with Crippen molar-refractivity contribution in [3.63, 3.8) is 0 Å². The van der Waals surface area contributed by atoms with Crippen LogP contribution in [0.3, 0.4) is 0 Å². The molecule has 4 aromatic rings. The number of amides is 2. The monoisotopic (exact) mass is 453 g/mol. The molecule has 1 aromatic heterocycles. The predicted octanol–water partition coefficient (Wildman–Crippen LogP) is 5.08. The molecule has 170 valence electrons. The van der Waals surface area contributed by atoms with Crippen molar-refractivity contribution in [1.82, 2.24) is 15.2 Å². The zero-order chi connectivity index (χ0) is 23.5. The van der Waals surface area contributed by atoms with E-state index >= 15 is 0 Å². The fraction of sp³-hybridized carbons (Fsp3) is 0.179. The lowest BCUT2D eigenvalue weighted by Crippen LogP contribution is -2.46. The highest BCUT2D eigenvalue weighted by Gasteiger charge is 2.26. The molecule has 0 radical (unpaired) electrons. The molecule has 0 aliphatic carbocycles. The summed E-state index contributed by atoms with van der Waals surface area (Å²) in [6.45, 7) is 1.09. The number of carbonyl (C=O) groups excluding carboxylic acids is 2. The Hall–Kier alpha value is -4.06. The maximum atomic E-state index is 13.6. The Balaban J connectivity index is 1.32. The molecule has 3 aromatic carbocycles. The van der Waals surface area contributed by atoms with E-state index in [1.807, 2.05) is 65.6 Å². The van der Waals surface area contributed by atoms with E-state index in [0.29, 0.717) is 37.1 Å². The summed E-state index contributed by atoms with van der Waals surface area (Å²) in [6, 6.07) is 24.9. The molecule has 0 saturated carbocycles. The number of fused-ring (bicyclic) bond motifs is 1. The van der Waals surface area contributed by atoms with E-state index < -0.39 is 0 Å². The van der Waals surface area contributed by atoms with E-state index in [1.54, 1.807) is 0 Å². The topological polar surface area (TPSA) is 62.3 Å². The fourth-order valence-electron chi connectivity index (χ4n) is 4.38. The first-order valence-electron chi connectivity index (χ1n) is 11.4. The second kappa shape index (κ2) is 9.43. The third kappa shape index (κ3) is 4.53. The van der Waals surface area contributed by atoms with Gasteiger partial charge in [0.2, 0.25) is 0 Å². The molecule has 5 rings (SSSR count). The minimum absolute atomic E-state index is 0.0286. The van der Waals surface area contributed by atoms with Crippen LogP contribution in [0.2, 0.25) is 0 Å². The lowest BCUT2D eigenvalue weighted by atomic mass is 10.0. The first-order chi connectivity index (χ1) is 16.6.